The number of rotatable bonds is 5. The highest BCUT2D eigenvalue weighted by Crippen LogP contribution is 2.34. The highest BCUT2D eigenvalue weighted by atomic mass is 79.9. The molecule has 0 saturated carbocycles. The molecule has 0 radical (unpaired) electrons. The molecule has 112 valence electrons. The second-order valence-corrected chi connectivity index (χ2v) is 6.15. The maximum atomic E-state index is 13.4. The second kappa shape index (κ2) is 7.05. The molecular weight excluding hydrogens is 333 g/mol. The Morgan fingerprint density at radius 1 is 1.14 bits per heavy atom. The Morgan fingerprint density at radius 3 is 2.52 bits per heavy atom. The first-order valence-electron chi connectivity index (χ1n) is 6.97. The molecule has 0 bridgehead atoms. The summed E-state index contributed by atoms with van der Waals surface area (Å²) >= 11 is 3.48. The molecule has 2 aromatic rings. The van der Waals surface area contributed by atoms with Crippen LogP contribution in [0.5, 0.6) is 11.5 Å². The average molecular weight is 352 g/mol. The molecule has 2 rings (SSSR count). The first-order chi connectivity index (χ1) is 10.0. The van der Waals surface area contributed by atoms with Gasteiger partial charge in [-0.05, 0) is 66.4 Å². The Labute approximate surface area is 133 Å². The molecule has 0 saturated heterocycles. The number of hydrogen-bond acceptors (Lipinski definition) is 2. The monoisotopic (exact) mass is 351 g/mol. The van der Waals surface area contributed by atoms with Crippen LogP contribution in [0.15, 0.2) is 40.9 Å². The first kappa shape index (κ1) is 16.0. The molecule has 21 heavy (non-hydrogen) atoms. The third kappa shape index (κ3) is 4.05. The van der Waals surface area contributed by atoms with Crippen LogP contribution in [0.4, 0.5) is 4.39 Å². The summed E-state index contributed by atoms with van der Waals surface area (Å²) in [6, 6.07) is 10.5. The first-order valence-corrected chi connectivity index (χ1v) is 7.76. The Balaban J connectivity index is 2.38. The van der Waals surface area contributed by atoms with Crippen molar-refractivity contribution in [2.24, 2.45) is 5.73 Å². The van der Waals surface area contributed by atoms with Crippen molar-refractivity contribution in [1.82, 2.24) is 0 Å². The zero-order valence-electron chi connectivity index (χ0n) is 12.2. The van der Waals surface area contributed by atoms with Gasteiger partial charge in [-0.2, -0.15) is 0 Å². The fraction of sp³-hybridized carbons (Fsp3) is 0.294. The molecule has 0 aliphatic heterocycles. The van der Waals surface area contributed by atoms with Crippen molar-refractivity contribution in [2.45, 2.75) is 26.2 Å². The fourth-order valence-corrected chi connectivity index (χ4v) is 2.56. The molecule has 2 N–H and O–H groups in total. The molecule has 0 unspecified atom stereocenters. The third-order valence-electron chi connectivity index (χ3n) is 3.25. The van der Waals surface area contributed by atoms with E-state index in [0.29, 0.717) is 24.6 Å². The molecule has 0 aliphatic rings. The van der Waals surface area contributed by atoms with Gasteiger partial charge in [0.2, 0.25) is 0 Å². The van der Waals surface area contributed by atoms with Gasteiger partial charge in [-0.15, -0.1) is 0 Å². The quantitative estimate of drug-likeness (QED) is 0.821. The van der Waals surface area contributed by atoms with Gasteiger partial charge >= 0.3 is 0 Å². The van der Waals surface area contributed by atoms with E-state index >= 15 is 0 Å². The van der Waals surface area contributed by atoms with Crippen LogP contribution in [0.2, 0.25) is 0 Å². The van der Waals surface area contributed by atoms with Crippen LogP contribution in [-0.2, 0) is 6.42 Å². The Kier molecular flexibility index (Phi) is 5.37. The maximum absolute atomic E-state index is 13.4. The van der Waals surface area contributed by atoms with E-state index in [1.54, 1.807) is 6.07 Å². The van der Waals surface area contributed by atoms with Crippen LogP contribution in [0, 0.1) is 5.82 Å². The van der Waals surface area contributed by atoms with Crippen molar-refractivity contribution in [3.8, 4) is 11.5 Å². The van der Waals surface area contributed by atoms with Crippen LogP contribution in [0.25, 0.3) is 0 Å². The zero-order valence-corrected chi connectivity index (χ0v) is 13.8. The lowest BCUT2D eigenvalue weighted by Crippen LogP contribution is -2.05. The Bertz CT molecular complexity index is 628. The van der Waals surface area contributed by atoms with Crippen LogP contribution in [0.3, 0.4) is 0 Å². The minimum atomic E-state index is -0.273. The van der Waals surface area contributed by atoms with Gasteiger partial charge in [0.25, 0.3) is 0 Å². The molecule has 0 heterocycles. The van der Waals surface area contributed by atoms with E-state index in [2.05, 4.69) is 29.8 Å². The maximum Gasteiger partial charge on any atom is 0.130 e. The van der Waals surface area contributed by atoms with E-state index in [1.807, 2.05) is 18.2 Å². The second-order valence-electron chi connectivity index (χ2n) is 5.23. The van der Waals surface area contributed by atoms with Gasteiger partial charge in [0, 0.05) is 4.47 Å². The van der Waals surface area contributed by atoms with Gasteiger partial charge in [0.1, 0.15) is 17.3 Å². The Morgan fingerprint density at radius 2 is 1.86 bits per heavy atom. The van der Waals surface area contributed by atoms with Crippen molar-refractivity contribution < 1.29 is 9.13 Å². The van der Waals surface area contributed by atoms with E-state index in [1.165, 1.54) is 12.1 Å². The summed E-state index contributed by atoms with van der Waals surface area (Å²) in [4.78, 5) is 0. The van der Waals surface area contributed by atoms with Gasteiger partial charge in [-0.1, -0.05) is 29.8 Å². The van der Waals surface area contributed by atoms with E-state index < -0.39 is 0 Å². The molecule has 4 heteroatoms. The highest BCUT2D eigenvalue weighted by molar-refractivity contribution is 9.10. The smallest absolute Gasteiger partial charge is 0.130 e. The van der Waals surface area contributed by atoms with Gasteiger partial charge in [0.05, 0.1) is 0 Å². The van der Waals surface area contributed by atoms with Crippen LogP contribution in [0.1, 0.15) is 30.9 Å². The third-order valence-corrected chi connectivity index (χ3v) is 3.74. The number of hydrogen-bond donors (Lipinski definition) is 1. The minimum absolute atomic E-state index is 0.273. The molecular formula is C17H19BrFNO. The lowest BCUT2D eigenvalue weighted by molar-refractivity contribution is 0.464. The fourth-order valence-electron chi connectivity index (χ4n) is 2.18. The summed E-state index contributed by atoms with van der Waals surface area (Å²) in [7, 11) is 0. The summed E-state index contributed by atoms with van der Waals surface area (Å²) in [5.74, 6) is 1.51. The minimum Gasteiger partial charge on any atom is -0.457 e. The molecule has 0 amide bonds. The summed E-state index contributed by atoms with van der Waals surface area (Å²) in [5, 5.41) is 0. The average Bonchev–Trinajstić information content (AvgIpc) is 2.43. The highest BCUT2D eigenvalue weighted by Gasteiger charge is 2.12. The van der Waals surface area contributed by atoms with Gasteiger partial charge < -0.3 is 10.5 Å². The largest absolute Gasteiger partial charge is 0.457 e. The van der Waals surface area contributed by atoms with Crippen molar-refractivity contribution in [1.29, 1.82) is 0 Å². The van der Waals surface area contributed by atoms with Crippen LogP contribution in [-0.4, -0.2) is 6.54 Å². The van der Waals surface area contributed by atoms with Crippen molar-refractivity contribution >= 4 is 15.9 Å². The summed E-state index contributed by atoms with van der Waals surface area (Å²) in [6.45, 7) is 4.68. The van der Waals surface area contributed by atoms with Crippen LogP contribution >= 0.6 is 15.9 Å². The summed E-state index contributed by atoms with van der Waals surface area (Å²) in [5.41, 5.74) is 7.48. The van der Waals surface area contributed by atoms with Gasteiger partial charge in [0.15, 0.2) is 0 Å². The van der Waals surface area contributed by atoms with Crippen molar-refractivity contribution in [3.05, 3.63) is 57.8 Å². The Hall–Kier alpha value is -1.39. The normalized spacial score (nSPS) is 11.0. The van der Waals surface area contributed by atoms with Crippen molar-refractivity contribution in [2.75, 3.05) is 6.54 Å². The SMILES string of the molecule is CC(C)c1cc(Br)ccc1Oc1ccc(F)cc1CCN. The van der Waals surface area contributed by atoms with E-state index in [-0.39, 0.29) is 5.82 Å². The summed E-state index contributed by atoms with van der Waals surface area (Å²) in [6.07, 6.45) is 0.584. The lowest BCUT2D eigenvalue weighted by Gasteiger charge is -2.16. The number of benzene rings is 2. The number of ether oxygens (including phenoxy) is 1. The zero-order chi connectivity index (χ0) is 15.4. The predicted molar refractivity (Wildman–Crippen MR) is 87.5 cm³/mol. The number of halogens is 2. The molecule has 0 aromatic heterocycles. The molecule has 2 aromatic carbocycles. The molecule has 0 aliphatic carbocycles. The van der Waals surface area contributed by atoms with E-state index in [4.69, 9.17) is 10.5 Å². The van der Waals surface area contributed by atoms with E-state index in [9.17, 15) is 4.39 Å². The number of nitrogens with two attached hydrogens (primary N) is 1. The molecule has 2 nitrogen and oxygen atoms in total. The molecule has 0 spiro atoms. The van der Waals surface area contributed by atoms with Gasteiger partial charge in [-0.25, -0.2) is 4.39 Å². The van der Waals surface area contributed by atoms with Crippen LogP contribution < -0.4 is 10.5 Å². The molecule has 0 atom stereocenters. The van der Waals surface area contributed by atoms with E-state index in [0.717, 1.165) is 21.3 Å². The summed E-state index contributed by atoms with van der Waals surface area (Å²) < 4.78 is 20.4. The predicted octanol–water partition coefficient (Wildman–Crippen LogP) is 5.01. The standard InChI is InChI=1S/C17H19BrFNO/c1-11(2)15-10-13(18)3-5-17(15)21-16-6-4-14(19)9-12(16)7-8-20/h3-6,9-11H,7-8,20H2,1-2H3. The topological polar surface area (TPSA) is 35.2 Å². The lowest BCUT2D eigenvalue weighted by atomic mass is 10.0. The van der Waals surface area contributed by atoms with Crippen molar-refractivity contribution in [3.63, 3.8) is 0 Å². The van der Waals surface area contributed by atoms with Gasteiger partial charge in [-0.3, -0.25) is 0 Å². The molecule has 0 fully saturated rings.